The Kier molecular flexibility index (Phi) is 3.85. The SMILES string of the molecule is CCCn1cc(Oc2ccc(C(=O)O)c(C)c2)cn1. The van der Waals surface area contributed by atoms with E-state index in [1.807, 2.05) is 10.9 Å². The van der Waals surface area contributed by atoms with Gasteiger partial charge >= 0.3 is 5.97 Å². The highest BCUT2D eigenvalue weighted by atomic mass is 16.5. The minimum absolute atomic E-state index is 0.286. The Bertz CT molecular complexity index is 590. The summed E-state index contributed by atoms with van der Waals surface area (Å²) in [5, 5.41) is 13.1. The molecule has 1 aromatic heterocycles. The summed E-state index contributed by atoms with van der Waals surface area (Å²) in [4.78, 5) is 10.9. The zero-order valence-corrected chi connectivity index (χ0v) is 11.0. The molecule has 0 radical (unpaired) electrons. The summed E-state index contributed by atoms with van der Waals surface area (Å²) in [6.45, 7) is 4.67. The first kappa shape index (κ1) is 13.1. The summed E-state index contributed by atoms with van der Waals surface area (Å²) < 4.78 is 7.46. The third-order valence-electron chi connectivity index (χ3n) is 2.73. The highest BCUT2D eigenvalue weighted by molar-refractivity contribution is 5.89. The molecule has 1 N–H and O–H groups in total. The van der Waals surface area contributed by atoms with Gasteiger partial charge in [-0.05, 0) is 37.1 Å². The summed E-state index contributed by atoms with van der Waals surface area (Å²) in [7, 11) is 0. The molecule has 0 aliphatic rings. The lowest BCUT2D eigenvalue weighted by atomic mass is 10.1. The van der Waals surface area contributed by atoms with Crippen molar-refractivity contribution in [1.29, 1.82) is 0 Å². The van der Waals surface area contributed by atoms with Crippen molar-refractivity contribution in [3.8, 4) is 11.5 Å². The van der Waals surface area contributed by atoms with Crippen molar-refractivity contribution in [2.45, 2.75) is 26.8 Å². The number of hydrogen-bond acceptors (Lipinski definition) is 3. The van der Waals surface area contributed by atoms with Gasteiger partial charge in [0.2, 0.25) is 0 Å². The molecule has 0 saturated heterocycles. The number of aromatic carboxylic acids is 1. The second-order valence-electron chi connectivity index (χ2n) is 4.32. The van der Waals surface area contributed by atoms with Crippen LogP contribution in [0.3, 0.4) is 0 Å². The van der Waals surface area contributed by atoms with Gasteiger partial charge in [-0.25, -0.2) is 4.79 Å². The smallest absolute Gasteiger partial charge is 0.335 e. The van der Waals surface area contributed by atoms with Gasteiger partial charge in [0.25, 0.3) is 0 Å². The van der Waals surface area contributed by atoms with E-state index in [0.717, 1.165) is 13.0 Å². The predicted molar refractivity (Wildman–Crippen MR) is 70.7 cm³/mol. The fraction of sp³-hybridized carbons (Fsp3) is 0.286. The van der Waals surface area contributed by atoms with E-state index in [4.69, 9.17) is 9.84 Å². The van der Waals surface area contributed by atoms with E-state index in [9.17, 15) is 4.79 Å². The number of aryl methyl sites for hydroxylation is 2. The molecule has 2 aromatic rings. The molecular weight excluding hydrogens is 244 g/mol. The van der Waals surface area contributed by atoms with Crippen molar-refractivity contribution in [3.05, 3.63) is 41.7 Å². The highest BCUT2D eigenvalue weighted by Crippen LogP contribution is 2.23. The van der Waals surface area contributed by atoms with Gasteiger partial charge in [0.15, 0.2) is 5.75 Å². The van der Waals surface area contributed by atoms with Crippen molar-refractivity contribution in [3.63, 3.8) is 0 Å². The van der Waals surface area contributed by atoms with Gasteiger partial charge in [-0.1, -0.05) is 6.92 Å². The molecule has 19 heavy (non-hydrogen) atoms. The molecule has 5 heteroatoms. The molecule has 0 bridgehead atoms. The Balaban J connectivity index is 2.14. The van der Waals surface area contributed by atoms with Crippen molar-refractivity contribution in [2.24, 2.45) is 0 Å². The Hall–Kier alpha value is -2.30. The highest BCUT2D eigenvalue weighted by Gasteiger charge is 2.08. The molecule has 0 aliphatic heterocycles. The normalized spacial score (nSPS) is 10.4. The summed E-state index contributed by atoms with van der Waals surface area (Å²) in [5.41, 5.74) is 0.958. The number of ether oxygens (including phenoxy) is 1. The van der Waals surface area contributed by atoms with E-state index in [-0.39, 0.29) is 5.56 Å². The Morgan fingerprint density at radius 3 is 2.84 bits per heavy atom. The summed E-state index contributed by atoms with van der Waals surface area (Å²) in [5.74, 6) is 0.328. The van der Waals surface area contributed by atoms with Crippen LogP contribution in [0.15, 0.2) is 30.6 Å². The van der Waals surface area contributed by atoms with Crippen molar-refractivity contribution in [2.75, 3.05) is 0 Å². The number of hydrogen-bond donors (Lipinski definition) is 1. The van der Waals surface area contributed by atoms with Gasteiger partial charge < -0.3 is 9.84 Å². The number of nitrogens with zero attached hydrogens (tertiary/aromatic N) is 2. The summed E-state index contributed by atoms with van der Waals surface area (Å²) in [6, 6.07) is 4.90. The molecule has 1 aromatic carbocycles. The number of aromatic nitrogens is 2. The van der Waals surface area contributed by atoms with Crippen LogP contribution in [0.1, 0.15) is 29.3 Å². The van der Waals surface area contributed by atoms with Gasteiger partial charge in [0.05, 0.1) is 18.0 Å². The van der Waals surface area contributed by atoms with E-state index in [0.29, 0.717) is 17.1 Å². The summed E-state index contributed by atoms with van der Waals surface area (Å²) in [6.07, 6.45) is 4.48. The minimum atomic E-state index is -0.931. The summed E-state index contributed by atoms with van der Waals surface area (Å²) >= 11 is 0. The first-order valence-electron chi connectivity index (χ1n) is 6.14. The average Bonchev–Trinajstić information content (AvgIpc) is 2.76. The molecule has 2 rings (SSSR count). The molecular formula is C14H16N2O3. The van der Waals surface area contributed by atoms with Crippen LogP contribution in [0.25, 0.3) is 0 Å². The van der Waals surface area contributed by atoms with Gasteiger partial charge in [0, 0.05) is 6.54 Å². The maximum atomic E-state index is 10.9. The van der Waals surface area contributed by atoms with E-state index < -0.39 is 5.97 Å². The lowest BCUT2D eigenvalue weighted by Gasteiger charge is -2.05. The van der Waals surface area contributed by atoms with Gasteiger partial charge in [-0.15, -0.1) is 0 Å². The molecule has 0 fully saturated rings. The lowest BCUT2D eigenvalue weighted by Crippen LogP contribution is -1.99. The van der Waals surface area contributed by atoms with E-state index >= 15 is 0 Å². The molecule has 0 atom stereocenters. The number of carboxylic acid groups (broad SMARTS) is 1. The standard InChI is InChI=1S/C14H16N2O3/c1-3-6-16-9-12(8-15-16)19-11-4-5-13(14(17)18)10(2)7-11/h4-5,7-9H,3,6H2,1-2H3,(H,17,18). The van der Waals surface area contributed by atoms with Crippen LogP contribution in [0.2, 0.25) is 0 Å². The molecule has 0 amide bonds. The second kappa shape index (κ2) is 5.56. The Labute approximate surface area is 111 Å². The van der Waals surface area contributed by atoms with Gasteiger partial charge in [-0.3, -0.25) is 4.68 Å². The van der Waals surface area contributed by atoms with Crippen molar-refractivity contribution in [1.82, 2.24) is 9.78 Å². The molecule has 1 heterocycles. The quantitative estimate of drug-likeness (QED) is 0.897. The number of carbonyl (C=O) groups is 1. The number of carboxylic acids is 1. The molecule has 5 nitrogen and oxygen atoms in total. The van der Waals surface area contributed by atoms with Gasteiger partial charge in [-0.2, -0.15) is 5.10 Å². The van der Waals surface area contributed by atoms with Crippen LogP contribution in [0.5, 0.6) is 11.5 Å². The van der Waals surface area contributed by atoms with Crippen LogP contribution < -0.4 is 4.74 Å². The monoisotopic (exact) mass is 260 g/mol. The average molecular weight is 260 g/mol. The van der Waals surface area contributed by atoms with Crippen molar-refractivity contribution >= 4 is 5.97 Å². The molecule has 100 valence electrons. The minimum Gasteiger partial charge on any atom is -0.478 e. The van der Waals surface area contributed by atoms with E-state index in [1.165, 1.54) is 0 Å². The van der Waals surface area contributed by atoms with Gasteiger partial charge in [0.1, 0.15) is 5.75 Å². The van der Waals surface area contributed by atoms with Crippen LogP contribution in [0, 0.1) is 6.92 Å². The fourth-order valence-electron chi connectivity index (χ4n) is 1.82. The van der Waals surface area contributed by atoms with Crippen LogP contribution >= 0.6 is 0 Å². The first-order chi connectivity index (χ1) is 9.10. The maximum Gasteiger partial charge on any atom is 0.335 e. The second-order valence-corrected chi connectivity index (χ2v) is 4.32. The van der Waals surface area contributed by atoms with Crippen LogP contribution in [0.4, 0.5) is 0 Å². The maximum absolute atomic E-state index is 10.9. The third kappa shape index (κ3) is 3.13. The van der Waals surface area contributed by atoms with Crippen LogP contribution in [-0.4, -0.2) is 20.9 Å². The van der Waals surface area contributed by atoms with E-state index in [2.05, 4.69) is 12.0 Å². The third-order valence-corrected chi connectivity index (χ3v) is 2.73. The first-order valence-corrected chi connectivity index (χ1v) is 6.14. The lowest BCUT2D eigenvalue weighted by molar-refractivity contribution is 0.0696. The predicted octanol–water partition coefficient (Wildman–Crippen LogP) is 3.09. The number of benzene rings is 1. The topological polar surface area (TPSA) is 64.3 Å². The van der Waals surface area contributed by atoms with Crippen molar-refractivity contribution < 1.29 is 14.6 Å². The van der Waals surface area contributed by atoms with E-state index in [1.54, 1.807) is 31.3 Å². The number of rotatable bonds is 5. The largest absolute Gasteiger partial charge is 0.478 e. The zero-order chi connectivity index (χ0) is 13.8. The molecule has 0 aliphatic carbocycles. The fourth-order valence-corrected chi connectivity index (χ4v) is 1.82. The van der Waals surface area contributed by atoms with Crippen LogP contribution in [-0.2, 0) is 6.54 Å². The molecule has 0 spiro atoms. The molecule has 0 unspecified atom stereocenters. The zero-order valence-electron chi connectivity index (χ0n) is 11.0. The molecule has 0 saturated carbocycles. The Morgan fingerprint density at radius 2 is 2.21 bits per heavy atom. The Morgan fingerprint density at radius 1 is 1.42 bits per heavy atom.